The van der Waals surface area contributed by atoms with Crippen LogP contribution in [0.3, 0.4) is 0 Å². The lowest BCUT2D eigenvalue weighted by atomic mass is 10.2. The first-order valence-corrected chi connectivity index (χ1v) is 4.99. The Morgan fingerprint density at radius 3 is 2.44 bits per heavy atom. The third-order valence-corrected chi connectivity index (χ3v) is 2.13. The molecule has 0 atom stereocenters. The van der Waals surface area contributed by atoms with Crippen molar-refractivity contribution >= 4 is 11.4 Å². The van der Waals surface area contributed by atoms with Crippen LogP contribution in [0.1, 0.15) is 11.3 Å². The molecule has 84 valence electrons. The normalized spacial score (nSPS) is 10.5. The van der Waals surface area contributed by atoms with E-state index in [1.54, 1.807) is 12.3 Å². The highest BCUT2D eigenvalue weighted by molar-refractivity contribution is 5.54. The fourth-order valence-corrected chi connectivity index (χ4v) is 1.49. The van der Waals surface area contributed by atoms with Gasteiger partial charge in [0.2, 0.25) is 0 Å². The van der Waals surface area contributed by atoms with Gasteiger partial charge in [-0.3, -0.25) is 0 Å². The van der Waals surface area contributed by atoms with Gasteiger partial charge in [-0.2, -0.15) is 0 Å². The van der Waals surface area contributed by atoms with Gasteiger partial charge in [-0.1, -0.05) is 0 Å². The molecule has 0 fully saturated rings. The fraction of sp³-hybridized carbons (Fsp3) is 0.167. The Balaban J connectivity index is 1.89. The molecule has 0 aliphatic rings. The molecule has 1 heterocycles. The molecule has 0 saturated carbocycles. The molecule has 0 radical (unpaired) electrons. The number of hydrogen-bond donors (Lipinski definition) is 2. The monoisotopic (exact) mass is 218 g/mol. The zero-order chi connectivity index (χ0) is 11.4. The molecular weight excluding hydrogens is 204 g/mol. The largest absolute Gasteiger partial charge is 0.467 e. The summed E-state index contributed by atoms with van der Waals surface area (Å²) in [6.07, 6.45) is 1.62. The van der Waals surface area contributed by atoms with E-state index >= 15 is 0 Å². The zero-order valence-electron chi connectivity index (χ0n) is 8.85. The van der Waals surface area contributed by atoms with Crippen molar-refractivity contribution < 1.29 is 9.15 Å². The molecule has 0 aliphatic carbocycles. The van der Waals surface area contributed by atoms with Gasteiger partial charge in [0.05, 0.1) is 12.9 Å². The Morgan fingerprint density at radius 2 is 1.81 bits per heavy atom. The second kappa shape index (κ2) is 4.72. The predicted molar refractivity (Wildman–Crippen MR) is 62.5 cm³/mol. The number of hydrogen-bond acceptors (Lipinski definition) is 4. The van der Waals surface area contributed by atoms with E-state index in [1.807, 2.05) is 24.3 Å². The number of nitrogen functional groups attached to an aromatic ring is 2. The maximum absolute atomic E-state index is 5.67. The minimum atomic E-state index is 0.446. The zero-order valence-corrected chi connectivity index (χ0v) is 8.85. The van der Waals surface area contributed by atoms with Crippen LogP contribution in [-0.2, 0) is 18.0 Å². The third kappa shape index (κ3) is 2.77. The Bertz CT molecular complexity index is 432. The smallest absolute Gasteiger partial charge is 0.129 e. The standard InChI is InChI=1S/C12H14N2O2/c13-10-4-9(5-11(14)6-10)7-15-8-12-2-1-3-16-12/h1-6H,7-8,13-14H2. The average Bonchev–Trinajstić information content (AvgIpc) is 2.69. The molecule has 0 bridgehead atoms. The lowest BCUT2D eigenvalue weighted by Gasteiger charge is -2.05. The fourth-order valence-electron chi connectivity index (χ4n) is 1.49. The molecule has 0 aliphatic heterocycles. The van der Waals surface area contributed by atoms with Crippen LogP contribution in [0.4, 0.5) is 11.4 Å². The van der Waals surface area contributed by atoms with Gasteiger partial charge in [0.15, 0.2) is 0 Å². The van der Waals surface area contributed by atoms with Crippen molar-refractivity contribution in [3.63, 3.8) is 0 Å². The minimum Gasteiger partial charge on any atom is -0.467 e. The van der Waals surface area contributed by atoms with Crippen molar-refractivity contribution in [3.05, 3.63) is 47.9 Å². The summed E-state index contributed by atoms with van der Waals surface area (Å²) in [4.78, 5) is 0. The molecule has 2 rings (SSSR count). The summed E-state index contributed by atoms with van der Waals surface area (Å²) in [5, 5.41) is 0. The second-order valence-corrected chi connectivity index (χ2v) is 3.58. The molecular formula is C12H14N2O2. The van der Waals surface area contributed by atoms with Crippen molar-refractivity contribution in [2.24, 2.45) is 0 Å². The van der Waals surface area contributed by atoms with Gasteiger partial charge in [0, 0.05) is 11.4 Å². The lowest BCUT2D eigenvalue weighted by Crippen LogP contribution is -1.97. The summed E-state index contributed by atoms with van der Waals surface area (Å²) >= 11 is 0. The maximum Gasteiger partial charge on any atom is 0.129 e. The second-order valence-electron chi connectivity index (χ2n) is 3.58. The van der Waals surface area contributed by atoms with E-state index in [9.17, 15) is 0 Å². The topological polar surface area (TPSA) is 74.4 Å². The molecule has 2 aromatic rings. The first kappa shape index (κ1) is 10.6. The summed E-state index contributed by atoms with van der Waals surface area (Å²) in [7, 11) is 0. The Hall–Kier alpha value is -1.94. The highest BCUT2D eigenvalue weighted by atomic mass is 16.5. The molecule has 16 heavy (non-hydrogen) atoms. The number of nitrogens with two attached hydrogens (primary N) is 2. The Kier molecular flexibility index (Phi) is 3.12. The Labute approximate surface area is 93.8 Å². The van der Waals surface area contributed by atoms with Crippen LogP contribution in [0.15, 0.2) is 41.0 Å². The quantitative estimate of drug-likeness (QED) is 0.771. The van der Waals surface area contributed by atoms with Crippen LogP contribution in [0.5, 0.6) is 0 Å². The van der Waals surface area contributed by atoms with E-state index in [0.29, 0.717) is 24.6 Å². The van der Waals surface area contributed by atoms with Crippen molar-refractivity contribution in [2.75, 3.05) is 11.5 Å². The van der Waals surface area contributed by atoms with E-state index in [0.717, 1.165) is 11.3 Å². The van der Waals surface area contributed by atoms with Gasteiger partial charge in [0.25, 0.3) is 0 Å². The van der Waals surface area contributed by atoms with Crippen LogP contribution >= 0.6 is 0 Å². The number of furan rings is 1. The van der Waals surface area contributed by atoms with Gasteiger partial charge in [-0.15, -0.1) is 0 Å². The molecule has 0 unspecified atom stereocenters. The molecule has 1 aromatic heterocycles. The molecule has 4 heteroatoms. The van der Waals surface area contributed by atoms with Crippen molar-refractivity contribution in [3.8, 4) is 0 Å². The lowest BCUT2D eigenvalue weighted by molar-refractivity contribution is 0.0930. The van der Waals surface area contributed by atoms with E-state index < -0.39 is 0 Å². The van der Waals surface area contributed by atoms with Crippen molar-refractivity contribution in [1.82, 2.24) is 0 Å². The highest BCUT2D eigenvalue weighted by Crippen LogP contribution is 2.15. The third-order valence-electron chi connectivity index (χ3n) is 2.13. The number of ether oxygens (including phenoxy) is 1. The van der Waals surface area contributed by atoms with Crippen LogP contribution in [0, 0.1) is 0 Å². The van der Waals surface area contributed by atoms with Gasteiger partial charge in [-0.05, 0) is 35.9 Å². The summed E-state index contributed by atoms with van der Waals surface area (Å²) < 4.78 is 10.6. The minimum absolute atomic E-state index is 0.446. The molecule has 4 nitrogen and oxygen atoms in total. The van der Waals surface area contributed by atoms with Gasteiger partial charge in [0.1, 0.15) is 12.4 Å². The molecule has 0 amide bonds. The maximum atomic E-state index is 5.67. The highest BCUT2D eigenvalue weighted by Gasteiger charge is 1.99. The van der Waals surface area contributed by atoms with Crippen LogP contribution < -0.4 is 11.5 Å². The number of benzene rings is 1. The Morgan fingerprint density at radius 1 is 1.06 bits per heavy atom. The average molecular weight is 218 g/mol. The van der Waals surface area contributed by atoms with Gasteiger partial charge >= 0.3 is 0 Å². The SMILES string of the molecule is Nc1cc(N)cc(COCc2ccco2)c1. The van der Waals surface area contributed by atoms with E-state index in [4.69, 9.17) is 20.6 Å². The van der Waals surface area contributed by atoms with Crippen molar-refractivity contribution in [2.45, 2.75) is 13.2 Å². The van der Waals surface area contributed by atoms with E-state index in [2.05, 4.69) is 0 Å². The van der Waals surface area contributed by atoms with E-state index in [-0.39, 0.29) is 0 Å². The molecule has 1 aromatic carbocycles. The first-order chi connectivity index (χ1) is 7.74. The summed E-state index contributed by atoms with van der Waals surface area (Å²) in [6, 6.07) is 9.11. The van der Waals surface area contributed by atoms with Gasteiger partial charge < -0.3 is 20.6 Å². The van der Waals surface area contributed by atoms with Crippen LogP contribution in [0.25, 0.3) is 0 Å². The van der Waals surface area contributed by atoms with Gasteiger partial charge in [-0.25, -0.2) is 0 Å². The molecule has 0 saturated heterocycles. The van der Waals surface area contributed by atoms with Crippen LogP contribution in [-0.4, -0.2) is 0 Å². The summed E-state index contributed by atoms with van der Waals surface area (Å²) in [5.41, 5.74) is 13.6. The molecule has 0 spiro atoms. The summed E-state index contributed by atoms with van der Waals surface area (Å²) in [5.74, 6) is 0.803. The van der Waals surface area contributed by atoms with Crippen molar-refractivity contribution in [1.29, 1.82) is 0 Å². The number of rotatable bonds is 4. The number of anilines is 2. The van der Waals surface area contributed by atoms with Crippen LogP contribution in [0.2, 0.25) is 0 Å². The first-order valence-electron chi connectivity index (χ1n) is 4.99. The predicted octanol–water partition coefficient (Wildman–Crippen LogP) is 2.16. The molecule has 4 N–H and O–H groups in total. The van der Waals surface area contributed by atoms with E-state index in [1.165, 1.54) is 0 Å². The summed E-state index contributed by atoms with van der Waals surface area (Å²) in [6.45, 7) is 0.914.